The molecular formula is C104H86Cl6F2OS6. The van der Waals surface area contributed by atoms with Crippen LogP contribution in [0.15, 0.2) is 484 Å². The van der Waals surface area contributed by atoms with Crippen molar-refractivity contribution in [3.8, 4) is 9.79 Å². The van der Waals surface area contributed by atoms with E-state index >= 15 is 0 Å². The third-order valence-electron chi connectivity index (χ3n) is 19.5. The molecule has 0 amide bonds. The van der Waals surface area contributed by atoms with Crippen molar-refractivity contribution in [2.75, 3.05) is 11.5 Å². The molecule has 1 saturated heterocycles. The Hall–Kier alpha value is -9.37. The molecule has 16 aromatic carbocycles. The van der Waals surface area contributed by atoms with Gasteiger partial charge in [-0.1, -0.05) is 243 Å². The molecule has 1 atom stereocenters. The van der Waals surface area contributed by atoms with E-state index in [1.54, 1.807) is 4.90 Å². The van der Waals surface area contributed by atoms with Crippen LogP contribution in [0, 0.1) is 18.6 Å². The lowest BCUT2D eigenvalue weighted by Gasteiger charge is -2.19. The number of fused-ring (bicyclic) bond motifs is 7. The van der Waals surface area contributed by atoms with Crippen molar-refractivity contribution in [3.05, 3.63) is 469 Å². The number of benzene rings is 16. The van der Waals surface area contributed by atoms with Gasteiger partial charge in [-0.05, 0) is 202 Å². The van der Waals surface area contributed by atoms with E-state index in [9.17, 15) is 13.6 Å². The average Bonchev–Trinajstić information content (AvgIpc) is 1.74. The Labute approximate surface area is 752 Å². The quantitative estimate of drug-likeness (QED) is 0.0985. The third-order valence-corrected chi connectivity index (χ3v) is 33.5. The number of aryl methyl sites for hydroxylation is 1. The SMILES string of the molecule is Cc1ccc2c(c1)c(=O)c1ccccc1[s+]2-c1ccccc1.Fc1cc(F)cc([S+](c2ccccc2)c2ccccc2)c1.[Cl-].[Cl-].[Cl-].[Cl-].[Cl-].[Cl-].c1ccc(-[s+]2c3ccccc3c3ccccc32)cc1.c1ccc([S+](c2ccccc2)c2ccccc2)cc1.c1ccc([S+]2CCCCC2)cc1.c1ccc([S+]2c3ccccc3Cc3ccccc32)cc1. The molecule has 0 N–H and O–H groups in total. The first kappa shape index (κ1) is 93.5. The highest BCUT2D eigenvalue weighted by atomic mass is 35.5. The highest BCUT2D eigenvalue weighted by molar-refractivity contribution is 7.98. The van der Waals surface area contributed by atoms with Crippen LogP contribution in [0.1, 0.15) is 36.0 Å². The summed E-state index contributed by atoms with van der Waals surface area (Å²) in [5.74, 6) is 1.78. The molecule has 2 aliphatic heterocycles. The Bertz CT molecular complexity index is 5910. The molecule has 119 heavy (non-hydrogen) atoms. The Morgan fingerprint density at radius 3 is 0.941 bits per heavy atom. The summed E-state index contributed by atoms with van der Waals surface area (Å²) in [5.41, 5.74) is 4.22. The minimum Gasteiger partial charge on any atom is -1.00 e. The number of rotatable bonds is 10. The van der Waals surface area contributed by atoms with E-state index in [-0.39, 0.29) is 123 Å². The average molecular weight is 1790 g/mol. The minimum atomic E-state index is -0.547. The fraction of sp³-hybridized carbons (Fsp3) is 0.0673. The summed E-state index contributed by atoms with van der Waals surface area (Å²) < 4.78 is 32.3. The van der Waals surface area contributed by atoms with Crippen LogP contribution in [0.4, 0.5) is 8.78 Å². The number of thiophene rings is 1. The van der Waals surface area contributed by atoms with E-state index in [2.05, 4.69) is 322 Å². The summed E-state index contributed by atoms with van der Waals surface area (Å²) in [6.45, 7) is 2.04. The summed E-state index contributed by atoms with van der Waals surface area (Å²) in [6, 6.07) is 148. The van der Waals surface area contributed by atoms with Gasteiger partial charge in [0.05, 0.1) is 43.5 Å². The molecule has 0 aliphatic carbocycles. The van der Waals surface area contributed by atoms with Gasteiger partial charge in [-0.3, -0.25) is 4.79 Å². The van der Waals surface area contributed by atoms with Crippen LogP contribution >= 0.6 is 20.9 Å². The first-order chi connectivity index (χ1) is 55.8. The van der Waals surface area contributed by atoms with Crippen molar-refractivity contribution in [2.45, 2.75) is 81.6 Å². The molecule has 20 rings (SSSR count). The van der Waals surface area contributed by atoms with E-state index in [1.165, 1.54) is 113 Å². The number of halogens is 8. The Kier molecular flexibility index (Phi) is 36.9. The maximum absolute atomic E-state index is 13.6. The Balaban J connectivity index is 0.000000162. The second-order valence-corrected chi connectivity index (χ2v) is 39.3. The Morgan fingerprint density at radius 1 is 0.261 bits per heavy atom. The molecule has 2 aliphatic rings. The fourth-order valence-corrected chi connectivity index (χ4v) is 28.0. The summed E-state index contributed by atoms with van der Waals surface area (Å²) in [4.78, 5) is 28.3. The largest absolute Gasteiger partial charge is 1.00 e. The molecule has 4 heterocycles. The van der Waals surface area contributed by atoms with E-state index in [0.717, 1.165) is 48.0 Å². The van der Waals surface area contributed by atoms with Gasteiger partial charge in [0.2, 0.25) is 5.43 Å². The predicted octanol–water partition coefficient (Wildman–Crippen LogP) is 10.5. The minimum absolute atomic E-state index is 0. The third kappa shape index (κ3) is 23.2. The van der Waals surface area contributed by atoms with Crippen molar-refractivity contribution in [1.29, 1.82) is 0 Å². The van der Waals surface area contributed by atoms with Gasteiger partial charge >= 0.3 is 0 Å². The van der Waals surface area contributed by atoms with E-state index < -0.39 is 22.5 Å². The fourth-order valence-electron chi connectivity index (χ4n) is 14.3. The van der Waals surface area contributed by atoms with Gasteiger partial charge < -0.3 is 74.4 Å². The van der Waals surface area contributed by atoms with Crippen molar-refractivity contribution in [3.63, 3.8) is 0 Å². The van der Waals surface area contributed by atoms with Gasteiger partial charge in [-0.15, -0.1) is 0 Å². The lowest BCUT2D eigenvalue weighted by Crippen LogP contribution is -3.00. The monoisotopic (exact) mass is 1790 g/mol. The zero-order chi connectivity index (χ0) is 76.9. The summed E-state index contributed by atoms with van der Waals surface area (Å²) in [6.07, 6.45) is 5.40. The van der Waals surface area contributed by atoms with Crippen LogP contribution in [0.25, 0.3) is 50.1 Å². The molecule has 18 aromatic rings. The molecule has 1 unspecified atom stereocenters. The van der Waals surface area contributed by atoms with Gasteiger partial charge in [0, 0.05) is 78.4 Å². The summed E-state index contributed by atoms with van der Waals surface area (Å²) in [7, 11) is -0.0440. The molecule has 0 bridgehead atoms. The normalized spacial score (nSPS) is 11.8. The summed E-state index contributed by atoms with van der Waals surface area (Å²) in [5, 5.41) is 4.48. The standard InChI is InChI=1S/C20H15OS.C19H15S.C18H13F2S.C18H13S.C18H15S.C11H15S.6ClH/c1-14-11-12-19-17(13-14)20(21)16-9-5-6-10-18(16)22(19)15-7-3-2-4-8-15;1-2-10-17(11-3-1)20-18-12-6-4-8-15(18)14-16-9-5-7-13-19(16)20;19-14-11-15(20)13-18(12-14)21(16-7-3-1-4-8-16)17-9-5-2-6-10-17;1-2-8-14(9-3-1)19-17-12-6-4-10-15(17)16-11-5-7-13-18(16)19;1-4-10-16(11-5-1)19(17-12-6-2-7-13-17)18-14-8-3-9-15-18;1-3-7-11(8-4-1)12-9-5-2-6-10-12;;;;;;/h2-13H,1H3;1-13H,14H2;1-13H;1-13H;1-15H;1,3-4,7-8H,2,5-6,9-10H2;6*1H/q6*+1;;;;;;/p-6. The highest BCUT2D eigenvalue weighted by Crippen LogP contribution is 2.49. The summed E-state index contributed by atoms with van der Waals surface area (Å²) >= 11 is 0. The predicted molar refractivity (Wildman–Crippen MR) is 484 cm³/mol. The van der Waals surface area contributed by atoms with Crippen LogP contribution in [0.3, 0.4) is 0 Å². The number of hydrogen-bond acceptors (Lipinski definition) is 1. The lowest BCUT2D eigenvalue weighted by molar-refractivity contribution is -0.001000. The smallest absolute Gasteiger partial charge is 0.203 e. The Morgan fingerprint density at radius 2 is 0.555 bits per heavy atom. The van der Waals surface area contributed by atoms with E-state index in [0.29, 0.717) is 15.8 Å². The molecule has 1 nitrogen and oxygen atoms in total. The molecule has 0 radical (unpaired) electrons. The van der Waals surface area contributed by atoms with Crippen molar-refractivity contribution in [1.82, 2.24) is 0 Å². The first-order valence-corrected chi connectivity index (χ1v) is 45.9. The first-order valence-electron chi connectivity index (χ1n) is 38.2. The van der Waals surface area contributed by atoms with Crippen molar-refractivity contribution < 1.29 is 83.2 Å². The van der Waals surface area contributed by atoms with Gasteiger partial charge in [0.15, 0.2) is 77.5 Å². The topological polar surface area (TPSA) is 17.1 Å². The van der Waals surface area contributed by atoms with Crippen LogP contribution in [0.5, 0.6) is 0 Å². The molecule has 0 saturated carbocycles. The lowest BCUT2D eigenvalue weighted by atomic mass is 10.0. The van der Waals surface area contributed by atoms with Crippen LogP contribution < -0.4 is 79.9 Å². The maximum Gasteiger partial charge on any atom is 0.203 e. The highest BCUT2D eigenvalue weighted by Gasteiger charge is 2.37. The second kappa shape index (κ2) is 47.0. The molecule has 15 heteroatoms. The second-order valence-electron chi connectivity index (χ2n) is 27.1. The van der Waals surface area contributed by atoms with Gasteiger partial charge in [-0.2, -0.15) is 0 Å². The zero-order valence-corrected chi connectivity index (χ0v) is 74.6. The maximum atomic E-state index is 13.6. The van der Waals surface area contributed by atoms with Crippen LogP contribution in [-0.2, 0) is 50.0 Å². The molecule has 1 fully saturated rings. The van der Waals surface area contributed by atoms with Crippen LogP contribution in [0.2, 0.25) is 0 Å². The van der Waals surface area contributed by atoms with E-state index in [4.69, 9.17) is 0 Å². The van der Waals surface area contributed by atoms with E-state index in [1.807, 2.05) is 97.9 Å². The van der Waals surface area contributed by atoms with Crippen LogP contribution in [-0.4, -0.2) is 11.5 Å². The molecule has 600 valence electrons. The molecule has 0 spiro atoms. The zero-order valence-electron chi connectivity index (χ0n) is 65.1. The van der Waals surface area contributed by atoms with Crippen molar-refractivity contribution >= 4 is 105 Å². The van der Waals surface area contributed by atoms with Crippen molar-refractivity contribution in [2.24, 2.45) is 0 Å². The van der Waals surface area contributed by atoms with Gasteiger partial charge in [0.1, 0.15) is 23.1 Å². The molecular weight excluding hydrogens is 1710 g/mol. The molecule has 2 aromatic heterocycles. The van der Waals surface area contributed by atoms with Gasteiger partial charge in [0.25, 0.3) is 0 Å². The van der Waals surface area contributed by atoms with Gasteiger partial charge in [-0.25, -0.2) is 8.78 Å². The number of hydrogen-bond donors (Lipinski definition) is 0.